The summed E-state index contributed by atoms with van der Waals surface area (Å²) in [6, 6.07) is 14.3. The number of carbonyl (C=O) groups excluding carboxylic acids is 2. The lowest BCUT2D eigenvalue weighted by Crippen LogP contribution is -2.43. The molecular weight excluding hydrogens is 501 g/mol. The molecule has 7 nitrogen and oxygen atoms in total. The Hall–Kier alpha value is -3.17. The zero-order valence-electron chi connectivity index (χ0n) is 22.9. The van der Waals surface area contributed by atoms with Crippen molar-refractivity contribution in [2.24, 2.45) is 0 Å². The minimum absolute atomic E-state index is 0.114. The van der Waals surface area contributed by atoms with Crippen LogP contribution >= 0.6 is 11.8 Å². The van der Waals surface area contributed by atoms with Gasteiger partial charge in [-0.2, -0.15) is 5.10 Å². The van der Waals surface area contributed by atoms with Crippen LogP contribution < -0.4 is 10.2 Å². The number of likely N-dealkylation sites (N-methyl/N-ethyl adjacent to an activating group) is 1. The minimum Gasteiger partial charge on any atom is -0.353 e. The summed E-state index contributed by atoms with van der Waals surface area (Å²) in [6.45, 7) is 9.35. The third-order valence-corrected chi connectivity index (χ3v) is 7.75. The molecule has 38 heavy (non-hydrogen) atoms. The highest BCUT2D eigenvalue weighted by Gasteiger charge is 2.40. The molecule has 3 aromatic rings. The van der Waals surface area contributed by atoms with E-state index in [0.29, 0.717) is 18.9 Å². The molecule has 1 atom stereocenters. The molecule has 2 aromatic carbocycles. The molecule has 0 saturated heterocycles. The molecule has 0 aliphatic carbocycles. The number of aryl methyl sites for hydroxylation is 1. The number of nitrogens with zero attached hydrogens (tertiary/aromatic N) is 4. The Bertz CT molecular complexity index is 1310. The number of anilines is 1. The van der Waals surface area contributed by atoms with Gasteiger partial charge in [0, 0.05) is 24.1 Å². The summed E-state index contributed by atoms with van der Waals surface area (Å²) in [5.41, 5.74) is 4.09. The van der Waals surface area contributed by atoms with E-state index < -0.39 is 0 Å². The van der Waals surface area contributed by atoms with Crippen molar-refractivity contribution in [2.75, 3.05) is 44.4 Å². The fourth-order valence-corrected chi connectivity index (χ4v) is 5.76. The zero-order chi connectivity index (χ0) is 27.6. The summed E-state index contributed by atoms with van der Waals surface area (Å²) in [5, 5.41) is 7.78. The largest absolute Gasteiger partial charge is 0.353 e. The highest BCUT2D eigenvalue weighted by molar-refractivity contribution is 8.00. The molecule has 0 spiro atoms. The van der Waals surface area contributed by atoms with Gasteiger partial charge >= 0.3 is 0 Å². The number of rotatable bonds is 7. The van der Waals surface area contributed by atoms with Crippen LogP contribution in [-0.4, -0.2) is 66.0 Å². The van der Waals surface area contributed by atoms with Crippen molar-refractivity contribution in [1.29, 1.82) is 0 Å². The second kappa shape index (κ2) is 11.3. The number of para-hydroxylation sites is 1. The number of amides is 2. The van der Waals surface area contributed by atoms with Crippen LogP contribution in [-0.2, 0) is 15.0 Å². The Balaban J connectivity index is 1.93. The molecule has 1 N–H and O–H groups in total. The average Bonchev–Trinajstić information content (AvgIpc) is 3.18. The van der Waals surface area contributed by atoms with Crippen molar-refractivity contribution >= 4 is 29.4 Å². The van der Waals surface area contributed by atoms with Gasteiger partial charge in [-0.05, 0) is 50.3 Å². The lowest BCUT2D eigenvalue weighted by molar-refractivity contribution is -0.122. The predicted octanol–water partition coefficient (Wildman–Crippen LogP) is 4.46. The van der Waals surface area contributed by atoms with Crippen LogP contribution in [0.1, 0.15) is 48.4 Å². The van der Waals surface area contributed by atoms with Crippen molar-refractivity contribution in [1.82, 2.24) is 20.0 Å². The number of hydrogen-bond donors (Lipinski definition) is 1. The van der Waals surface area contributed by atoms with Crippen LogP contribution in [0.5, 0.6) is 0 Å². The van der Waals surface area contributed by atoms with Crippen LogP contribution in [0.2, 0.25) is 0 Å². The molecule has 0 saturated carbocycles. The summed E-state index contributed by atoms with van der Waals surface area (Å²) < 4.78 is 15.7. The van der Waals surface area contributed by atoms with Gasteiger partial charge in [0.1, 0.15) is 18.2 Å². The van der Waals surface area contributed by atoms with Gasteiger partial charge in [0.25, 0.3) is 0 Å². The third kappa shape index (κ3) is 5.94. The molecule has 9 heteroatoms. The molecule has 0 fully saturated rings. The number of benzene rings is 2. The Labute approximate surface area is 228 Å². The van der Waals surface area contributed by atoms with E-state index in [1.165, 1.54) is 23.9 Å². The molecule has 1 aliphatic rings. The molecule has 1 aliphatic heterocycles. The van der Waals surface area contributed by atoms with E-state index in [1.807, 2.05) is 54.9 Å². The maximum Gasteiger partial charge on any atom is 0.240 e. The quantitative estimate of drug-likeness (QED) is 0.482. The van der Waals surface area contributed by atoms with Crippen LogP contribution in [0, 0.1) is 12.7 Å². The van der Waals surface area contributed by atoms with Gasteiger partial charge in [0.2, 0.25) is 11.8 Å². The van der Waals surface area contributed by atoms with E-state index in [-0.39, 0.29) is 40.6 Å². The first-order valence-corrected chi connectivity index (χ1v) is 13.8. The topological polar surface area (TPSA) is 70.5 Å². The monoisotopic (exact) mass is 537 g/mol. The Morgan fingerprint density at radius 2 is 1.84 bits per heavy atom. The van der Waals surface area contributed by atoms with Crippen LogP contribution in [0.4, 0.5) is 10.2 Å². The molecule has 4 rings (SSSR count). The highest BCUT2D eigenvalue weighted by atomic mass is 32.2. The van der Waals surface area contributed by atoms with E-state index in [1.54, 1.807) is 17.0 Å². The van der Waals surface area contributed by atoms with Crippen molar-refractivity contribution in [2.45, 2.75) is 38.4 Å². The van der Waals surface area contributed by atoms with Crippen molar-refractivity contribution in [3.63, 3.8) is 0 Å². The molecule has 1 aromatic heterocycles. The number of fused-ring (bicyclic) bond motifs is 1. The average molecular weight is 538 g/mol. The van der Waals surface area contributed by atoms with Crippen LogP contribution in [0.25, 0.3) is 5.69 Å². The van der Waals surface area contributed by atoms with E-state index in [9.17, 15) is 14.0 Å². The highest BCUT2D eigenvalue weighted by Crippen LogP contribution is 2.48. The summed E-state index contributed by atoms with van der Waals surface area (Å²) >= 11 is 1.48. The fraction of sp³-hybridized carbons (Fsp3) is 0.414. The maximum absolute atomic E-state index is 13.9. The Morgan fingerprint density at radius 3 is 2.47 bits per heavy atom. The first-order valence-electron chi connectivity index (χ1n) is 12.8. The van der Waals surface area contributed by atoms with Crippen molar-refractivity contribution in [3.8, 4) is 5.69 Å². The van der Waals surface area contributed by atoms with Crippen LogP contribution in [0.15, 0.2) is 48.5 Å². The van der Waals surface area contributed by atoms with Gasteiger partial charge in [-0.1, -0.05) is 51.1 Å². The van der Waals surface area contributed by atoms with Crippen molar-refractivity contribution in [3.05, 3.63) is 76.7 Å². The fourth-order valence-electron chi connectivity index (χ4n) is 4.56. The first kappa shape index (κ1) is 27.9. The van der Waals surface area contributed by atoms with E-state index >= 15 is 0 Å². The maximum atomic E-state index is 13.9. The molecule has 2 heterocycles. The van der Waals surface area contributed by atoms with Gasteiger partial charge < -0.3 is 10.2 Å². The lowest BCUT2D eigenvalue weighted by atomic mass is 9.87. The summed E-state index contributed by atoms with van der Waals surface area (Å²) in [7, 11) is 3.89. The second-order valence-electron chi connectivity index (χ2n) is 10.9. The molecule has 1 unspecified atom stereocenters. The minimum atomic E-state index is -0.357. The van der Waals surface area contributed by atoms with E-state index in [2.05, 4.69) is 26.1 Å². The number of halogens is 1. The van der Waals surface area contributed by atoms with Crippen LogP contribution in [0.3, 0.4) is 0 Å². The number of nitrogens with one attached hydrogen (secondary N) is 1. The molecule has 202 valence electrons. The van der Waals surface area contributed by atoms with Gasteiger partial charge in [0.05, 0.1) is 22.4 Å². The normalized spacial score (nSPS) is 15.9. The molecular formula is C29H36FN5O2S. The first-order chi connectivity index (χ1) is 18.0. The van der Waals surface area contributed by atoms with Gasteiger partial charge in [-0.3, -0.25) is 14.5 Å². The number of carbonyl (C=O) groups is 2. The molecule has 0 radical (unpaired) electrons. The SMILES string of the molecule is Cc1ccccc1-n1nc(C(C)(C)C)c2c1N(CC(=O)NCCN(C)C)C(=O)CSC2c1ccc(F)cc1. The lowest BCUT2D eigenvalue weighted by Gasteiger charge is -2.25. The third-order valence-electron chi connectivity index (χ3n) is 6.50. The smallest absolute Gasteiger partial charge is 0.240 e. The van der Waals surface area contributed by atoms with E-state index in [0.717, 1.165) is 28.1 Å². The second-order valence-corrected chi connectivity index (χ2v) is 12.0. The summed E-state index contributed by atoms with van der Waals surface area (Å²) in [6.07, 6.45) is 0. The summed E-state index contributed by atoms with van der Waals surface area (Å²) in [5.74, 6) is 0.0617. The Morgan fingerprint density at radius 1 is 1.16 bits per heavy atom. The molecule has 0 bridgehead atoms. The standard InChI is InChI=1S/C29H36FN5O2S/c1-19-9-7-8-10-22(19)35-28-25(27(32-35)29(2,3)4)26(20-11-13-21(30)14-12-20)38-18-24(37)34(28)17-23(36)31-15-16-33(5)6/h7-14,26H,15-18H2,1-6H3,(H,31,36). The van der Waals surface area contributed by atoms with Gasteiger partial charge in [-0.15, -0.1) is 11.8 Å². The zero-order valence-corrected chi connectivity index (χ0v) is 23.7. The predicted molar refractivity (Wildman–Crippen MR) is 152 cm³/mol. The number of hydrogen-bond acceptors (Lipinski definition) is 5. The Kier molecular flexibility index (Phi) is 8.28. The van der Waals surface area contributed by atoms with Gasteiger partial charge in [0.15, 0.2) is 0 Å². The number of thioether (sulfide) groups is 1. The molecule has 2 amide bonds. The number of aromatic nitrogens is 2. The summed E-state index contributed by atoms with van der Waals surface area (Å²) in [4.78, 5) is 30.3. The van der Waals surface area contributed by atoms with Gasteiger partial charge in [-0.25, -0.2) is 9.07 Å². The van der Waals surface area contributed by atoms with E-state index in [4.69, 9.17) is 5.10 Å². The van der Waals surface area contributed by atoms with Crippen molar-refractivity contribution < 1.29 is 14.0 Å².